The van der Waals surface area contributed by atoms with Crippen molar-refractivity contribution >= 4 is 17.9 Å². The number of benzene rings is 1. The van der Waals surface area contributed by atoms with Gasteiger partial charge < -0.3 is 20.2 Å². The third-order valence-electron chi connectivity index (χ3n) is 3.63. The van der Waals surface area contributed by atoms with Gasteiger partial charge in [-0.3, -0.25) is 4.79 Å². The minimum absolute atomic E-state index is 0.165. The highest BCUT2D eigenvalue weighted by Crippen LogP contribution is 2.15. The van der Waals surface area contributed by atoms with Crippen LogP contribution >= 0.6 is 0 Å². The summed E-state index contributed by atoms with van der Waals surface area (Å²) in [4.78, 5) is 37.9. The number of nitrogens with zero attached hydrogens (tertiary/aromatic N) is 2. The van der Waals surface area contributed by atoms with Crippen molar-refractivity contribution in [2.45, 2.75) is 6.92 Å². The van der Waals surface area contributed by atoms with Crippen LogP contribution in [0.2, 0.25) is 0 Å². The van der Waals surface area contributed by atoms with Gasteiger partial charge in [-0.15, -0.1) is 0 Å². The third kappa shape index (κ3) is 3.77. The molecule has 3 amide bonds. The number of carboxylic acids is 1. The predicted octanol–water partition coefficient (Wildman–Crippen LogP) is 1.01. The van der Waals surface area contributed by atoms with Gasteiger partial charge in [0.05, 0.1) is 11.1 Å². The Hall–Kier alpha value is -2.64. The second-order valence-corrected chi connectivity index (χ2v) is 5.11. The molecular formula is C15H18FN3O4. The number of rotatable bonds is 3. The molecule has 2 N–H and O–H groups in total. The number of carbonyl (C=O) groups is 3. The molecule has 0 spiro atoms. The summed E-state index contributed by atoms with van der Waals surface area (Å²) in [5.74, 6) is -2.62. The number of carboxylic acid groups (broad SMARTS) is 1. The quantitative estimate of drug-likeness (QED) is 0.869. The predicted molar refractivity (Wildman–Crippen MR) is 79.9 cm³/mol. The van der Waals surface area contributed by atoms with Gasteiger partial charge in [0.2, 0.25) is 0 Å². The van der Waals surface area contributed by atoms with E-state index in [0.717, 1.165) is 6.07 Å². The van der Waals surface area contributed by atoms with Gasteiger partial charge in [-0.05, 0) is 25.1 Å². The van der Waals surface area contributed by atoms with Gasteiger partial charge in [0.1, 0.15) is 5.82 Å². The van der Waals surface area contributed by atoms with Crippen LogP contribution in [0.25, 0.3) is 0 Å². The molecule has 1 aromatic rings. The van der Waals surface area contributed by atoms with E-state index in [-0.39, 0.29) is 17.2 Å². The largest absolute Gasteiger partial charge is 0.478 e. The first-order valence-corrected chi connectivity index (χ1v) is 7.29. The zero-order valence-corrected chi connectivity index (χ0v) is 12.7. The molecule has 124 valence electrons. The molecule has 1 fully saturated rings. The topological polar surface area (TPSA) is 90.0 Å². The van der Waals surface area contributed by atoms with Crippen LogP contribution in [0.4, 0.5) is 9.18 Å². The van der Waals surface area contributed by atoms with Gasteiger partial charge in [-0.25, -0.2) is 14.0 Å². The number of urea groups is 1. The maximum absolute atomic E-state index is 13.9. The van der Waals surface area contributed by atoms with Gasteiger partial charge in [-0.1, -0.05) is 0 Å². The normalized spacial score (nSPS) is 14.5. The molecule has 1 aromatic carbocycles. The minimum Gasteiger partial charge on any atom is -0.478 e. The Kier molecular flexibility index (Phi) is 5.15. The van der Waals surface area contributed by atoms with E-state index in [2.05, 4.69) is 5.32 Å². The van der Waals surface area contributed by atoms with Crippen LogP contribution in [-0.4, -0.2) is 65.5 Å². The fourth-order valence-electron chi connectivity index (χ4n) is 2.37. The van der Waals surface area contributed by atoms with Crippen molar-refractivity contribution in [1.82, 2.24) is 15.1 Å². The van der Waals surface area contributed by atoms with Crippen molar-refractivity contribution in [2.24, 2.45) is 0 Å². The molecule has 1 aliphatic rings. The molecular weight excluding hydrogens is 305 g/mol. The monoisotopic (exact) mass is 323 g/mol. The molecule has 7 nitrogen and oxygen atoms in total. The Labute approximate surface area is 132 Å². The van der Waals surface area contributed by atoms with Crippen LogP contribution in [0, 0.1) is 5.82 Å². The summed E-state index contributed by atoms with van der Waals surface area (Å²) in [5, 5.41) is 11.5. The second kappa shape index (κ2) is 7.08. The fraction of sp³-hybridized carbons (Fsp3) is 0.400. The Morgan fingerprint density at radius 3 is 2.30 bits per heavy atom. The minimum atomic E-state index is -1.25. The van der Waals surface area contributed by atoms with Crippen LogP contribution in [-0.2, 0) is 0 Å². The lowest BCUT2D eigenvalue weighted by Crippen LogP contribution is -2.53. The van der Waals surface area contributed by atoms with Crippen molar-refractivity contribution in [1.29, 1.82) is 0 Å². The molecule has 2 rings (SSSR count). The lowest BCUT2D eigenvalue weighted by atomic mass is 10.1. The van der Waals surface area contributed by atoms with Gasteiger partial charge in [0.15, 0.2) is 0 Å². The Balaban J connectivity index is 2.03. The van der Waals surface area contributed by atoms with E-state index in [0.29, 0.717) is 32.7 Å². The molecule has 0 saturated carbocycles. The molecule has 0 radical (unpaired) electrons. The summed E-state index contributed by atoms with van der Waals surface area (Å²) in [6, 6.07) is 3.03. The molecule has 0 unspecified atom stereocenters. The maximum atomic E-state index is 13.9. The SMILES string of the molecule is CCNC(=O)N1CCN(C(=O)c2ccc(C(=O)O)cc2F)CC1. The molecule has 1 aliphatic heterocycles. The smallest absolute Gasteiger partial charge is 0.335 e. The van der Waals surface area contributed by atoms with E-state index < -0.39 is 17.7 Å². The average molecular weight is 323 g/mol. The summed E-state index contributed by atoms with van der Waals surface area (Å²) in [6.07, 6.45) is 0. The summed E-state index contributed by atoms with van der Waals surface area (Å²) in [7, 11) is 0. The summed E-state index contributed by atoms with van der Waals surface area (Å²) in [5.41, 5.74) is -0.374. The lowest BCUT2D eigenvalue weighted by Gasteiger charge is -2.34. The number of hydrogen-bond donors (Lipinski definition) is 2. The van der Waals surface area contributed by atoms with Gasteiger partial charge in [-0.2, -0.15) is 0 Å². The summed E-state index contributed by atoms with van der Waals surface area (Å²) >= 11 is 0. The molecule has 1 saturated heterocycles. The van der Waals surface area contributed by atoms with Crippen LogP contribution in [0.1, 0.15) is 27.6 Å². The summed E-state index contributed by atoms with van der Waals surface area (Å²) < 4.78 is 13.9. The molecule has 23 heavy (non-hydrogen) atoms. The highest BCUT2D eigenvalue weighted by atomic mass is 19.1. The number of piperazine rings is 1. The zero-order valence-electron chi connectivity index (χ0n) is 12.7. The number of aromatic carboxylic acids is 1. The van der Waals surface area contributed by atoms with E-state index >= 15 is 0 Å². The van der Waals surface area contributed by atoms with E-state index in [1.807, 2.05) is 6.92 Å². The van der Waals surface area contributed by atoms with E-state index in [4.69, 9.17) is 5.11 Å². The Morgan fingerprint density at radius 2 is 1.78 bits per heavy atom. The third-order valence-corrected chi connectivity index (χ3v) is 3.63. The molecule has 0 aromatic heterocycles. The van der Waals surface area contributed by atoms with Crippen LogP contribution in [0.15, 0.2) is 18.2 Å². The van der Waals surface area contributed by atoms with Crippen molar-refractivity contribution in [3.63, 3.8) is 0 Å². The maximum Gasteiger partial charge on any atom is 0.335 e. The Bertz CT molecular complexity index is 627. The molecule has 0 bridgehead atoms. The van der Waals surface area contributed by atoms with Crippen molar-refractivity contribution < 1.29 is 23.9 Å². The number of hydrogen-bond acceptors (Lipinski definition) is 3. The van der Waals surface area contributed by atoms with Crippen LogP contribution in [0.3, 0.4) is 0 Å². The number of carbonyl (C=O) groups excluding carboxylic acids is 2. The average Bonchev–Trinajstić information content (AvgIpc) is 2.54. The standard InChI is InChI=1S/C15H18FN3O4/c1-2-17-15(23)19-7-5-18(6-8-19)13(20)11-4-3-10(14(21)22)9-12(11)16/h3-4,9H,2,5-8H2,1H3,(H,17,23)(H,21,22). The van der Waals surface area contributed by atoms with Crippen molar-refractivity contribution in [2.75, 3.05) is 32.7 Å². The van der Waals surface area contributed by atoms with Crippen LogP contribution in [0.5, 0.6) is 0 Å². The van der Waals surface area contributed by atoms with Gasteiger partial charge >= 0.3 is 12.0 Å². The van der Waals surface area contributed by atoms with E-state index in [1.54, 1.807) is 4.90 Å². The van der Waals surface area contributed by atoms with Crippen molar-refractivity contribution in [3.8, 4) is 0 Å². The van der Waals surface area contributed by atoms with E-state index in [9.17, 15) is 18.8 Å². The molecule has 1 heterocycles. The first kappa shape index (κ1) is 16.7. The second-order valence-electron chi connectivity index (χ2n) is 5.11. The number of amides is 3. The lowest BCUT2D eigenvalue weighted by molar-refractivity contribution is 0.0656. The molecule has 0 atom stereocenters. The van der Waals surface area contributed by atoms with Crippen LogP contribution < -0.4 is 5.32 Å². The first-order valence-electron chi connectivity index (χ1n) is 7.29. The van der Waals surface area contributed by atoms with E-state index in [1.165, 1.54) is 17.0 Å². The Morgan fingerprint density at radius 1 is 1.17 bits per heavy atom. The molecule has 8 heteroatoms. The molecule has 0 aliphatic carbocycles. The summed E-state index contributed by atoms with van der Waals surface area (Å²) in [6.45, 7) is 3.69. The fourth-order valence-corrected chi connectivity index (χ4v) is 2.37. The number of halogens is 1. The number of nitrogens with one attached hydrogen (secondary N) is 1. The highest BCUT2D eigenvalue weighted by molar-refractivity contribution is 5.96. The van der Waals surface area contributed by atoms with Gasteiger partial charge in [0, 0.05) is 32.7 Å². The van der Waals surface area contributed by atoms with Crippen molar-refractivity contribution in [3.05, 3.63) is 35.1 Å². The first-order chi connectivity index (χ1) is 10.9. The zero-order chi connectivity index (χ0) is 17.0. The van der Waals surface area contributed by atoms with Gasteiger partial charge in [0.25, 0.3) is 5.91 Å². The highest BCUT2D eigenvalue weighted by Gasteiger charge is 2.26.